The van der Waals surface area contributed by atoms with Gasteiger partial charge in [-0.1, -0.05) is 50.4 Å². The molecular weight excluding hydrogens is 320 g/mol. The van der Waals surface area contributed by atoms with Gasteiger partial charge in [0, 0.05) is 29.6 Å². The van der Waals surface area contributed by atoms with Gasteiger partial charge in [0.15, 0.2) is 5.78 Å². The van der Waals surface area contributed by atoms with Gasteiger partial charge in [-0.25, -0.2) is 9.59 Å². The summed E-state index contributed by atoms with van der Waals surface area (Å²) >= 11 is 0. The number of esters is 2. The van der Waals surface area contributed by atoms with E-state index in [0.29, 0.717) is 18.4 Å². The third kappa shape index (κ3) is 6.75. The Labute approximate surface area is 148 Å². The van der Waals surface area contributed by atoms with Crippen molar-refractivity contribution in [1.29, 1.82) is 0 Å². The quantitative estimate of drug-likeness (QED) is 0.349. The van der Waals surface area contributed by atoms with E-state index in [1.165, 1.54) is 0 Å². The summed E-state index contributed by atoms with van der Waals surface area (Å²) in [6.45, 7) is 8.71. The molecule has 0 heterocycles. The number of rotatable bonds is 11. The molecular formula is C20H24O5. The van der Waals surface area contributed by atoms with Crippen LogP contribution in [-0.4, -0.2) is 30.9 Å². The summed E-state index contributed by atoms with van der Waals surface area (Å²) in [5.74, 6) is -1.12. The second-order valence-electron chi connectivity index (χ2n) is 5.77. The SMILES string of the molecule is C=CC(=O)OCC(CC)(CCC(=O)c1ccccc1)COC(=O)C=C. The molecule has 5 heteroatoms. The topological polar surface area (TPSA) is 69.7 Å². The number of ether oxygens (including phenoxy) is 2. The molecule has 0 aromatic heterocycles. The Balaban J connectivity index is 2.81. The lowest BCUT2D eigenvalue weighted by Gasteiger charge is -2.31. The Hall–Kier alpha value is -2.69. The lowest BCUT2D eigenvalue weighted by atomic mass is 9.81. The van der Waals surface area contributed by atoms with E-state index in [2.05, 4.69) is 13.2 Å². The molecule has 1 rings (SSSR count). The summed E-state index contributed by atoms with van der Waals surface area (Å²) in [6, 6.07) is 8.96. The molecule has 0 atom stereocenters. The normalized spacial score (nSPS) is 10.6. The molecule has 134 valence electrons. The average molecular weight is 344 g/mol. The van der Waals surface area contributed by atoms with Crippen LogP contribution in [0.4, 0.5) is 0 Å². The van der Waals surface area contributed by atoms with Gasteiger partial charge in [-0.05, 0) is 12.8 Å². The van der Waals surface area contributed by atoms with Crippen LogP contribution in [0, 0.1) is 5.41 Å². The first-order chi connectivity index (χ1) is 12.0. The van der Waals surface area contributed by atoms with Crippen molar-refractivity contribution >= 4 is 17.7 Å². The summed E-state index contributed by atoms with van der Waals surface area (Å²) in [7, 11) is 0. The predicted octanol–water partition coefficient (Wildman–Crippen LogP) is 3.50. The summed E-state index contributed by atoms with van der Waals surface area (Å²) in [6.07, 6.45) is 3.40. The van der Waals surface area contributed by atoms with Crippen molar-refractivity contribution in [1.82, 2.24) is 0 Å². The Morgan fingerprint density at radius 1 is 1.00 bits per heavy atom. The van der Waals surface area contributed by atoms with Crippen molar-refractivity contribution < 1.29 is 23.9 Å². The number of carbonyl (C=O) groups excluding carboxylic acids is 3. The molecule has 1 aromatic carbocycles. The van der Waals surface area contributed by atoms with Crippen molar-refractivity contribution in [3.8, 4) is 0 Å². The molecule has 25 heavy (non-hydrogen) atoms. The zero-order valence-electron chi connectivity index (χ0n) is 14.5. The number of hydrogen-bond donors (Lipinski definition) is 0. The lowest BCUT2D eigenvalue weighted by molar-refractivity contribution is -0.148. The smallest absolute Gasteiger partial charge is 0.330 e. The van der Waals surface area contributed by atoms with E-state index < -0.39 is 17.4 Å². The van der Waals surface area contributed by atoms with Gasteiger partial charge in [0.05, 0.1) is 0 Å². The number of carbonyl (C=O) groups is 3. The van der Waals surface area contributed by atoms with E-state index in [1.54, 1.807) is 24.3 Å². The molecule has 5 nitrogen and oxygen atoms in total. The zero-order valence-corrected chi connectivity index (χ0v) is 14.5. The number of hydrogen-bond acceptors (Lipinski definition) is 5. The summed E-state index contributed by atoms with van der Waals surface area (Å²) in [4.78, 5) is 35.1. The minimum Gasteiger partial charge on any atom is -0.462 e. The molecule has 0 aliphatic heterocycles. The first kappa shape index (κ1) is 20.4. The van der Waals surface area contributed by atoms with Crippen LogP contribution < -0.4 is 0 Å². The highest BCUT2D eigenvalue weighted by Gasteiger charge is 2.32. The molecule has 0 radical (unpaired) electrons. The Bertz CT molecular complexity index is 594. The Kier molecular flexibility index (Phi) is 8.33. The van der Waals surface area contributed by atoms with Crippen molar-refractivity contribution in [2.45, 2.75) is 26.2 Å². The fraction of sp³-hybridized carbons (Fsp3) is 0.350. The fourth-order valence-corrected chi connectivity index (χ4v) is 2.28. The predicted molar refractivity (Wildman–Crippen MR) is 95.0 cm³/mol. The maximum absolute atomic E-state index is 12.3. The van der Waals surface area contributed by atoms with Crippen molar-refractivity contribution in [3.63, 3.8) is 0 Å². The van der Waals surface area contributed by atoms with Crippen LogP contribution in [0.25, 0.3) is 0 Å². The average Bonchev–Trinajstić information content (AvgIpc) is 2.67. The van der Waals surface area contributed by atoms with Gasteiger partial charge in [0.25, 0.3) is 0 Å². The van der Waals surface area contributed by atoms with Crippen LogP contribution in [0.3, 0.4) is 0 Å². The van der Waals surface area contributed by atoms with E-state index in [1.807, 2.05) is 13.0 Å². The minimum atomic E-state index is -0.637. The molecule has 0 saturated heterocycles. The molecule has 0 saturated carbocycles. The van der Waals surface area contributed by atoms with E-state index in [9.17, 15) is 14.4 Å². The van der Waals surface area contributed by atoms with Crippen LogP contribution in [0.15, 0.2) is 55.6 Å². The molecule has 0 aliphatic rings. The first-order valence-electron chi connectivity index (χ1n) is 8.13. The van der Waals surface area contributed by atoms with E-state index in [0.717, 1.165) is 12.2 Å². The number of ketones is 1. The summed E-state index contributed by atoms with van der Waals surface area (Å²) in [5, 5.41) is 0. The van der Waals surface area contributed by atoms with E-state index in [4.69, 9.17) is 9.47 Å². The third-order valence-electron chi connectivity index (χ3n) is 4.10. The highest BCUT2D eigenvalue weighted by molar-refractivity contribution is 5.96. The molecule has 0 amide bonds. The van der Waals surface area contributed by atoms with Gasteiger partial charge in [0.1, 0.15) is 13.2 Å². The molecule has 0 spiro atoms. The van der Waals surface area contributed by atoms with Crippen LogP contribution in [0.5, 0.6) is 0 Å². The van der Waals surface area contributed by atoms with Crippen molar-refractivity contribution in [3.05, 3.63) is 61.2 Å². The van der Waals surface area contributed by atoms with E-state index in [-0.39, 0.29) is 25.4 Å². The Morgan fingerprint density at radius 2 is 1.52 bits per heavy atom. The van der Waals surface area contributed by atoms with Gasteiger partial charge in [-0.2, -0.15) is 0 Å². The highest BCUT2D eigenvalue weighted by Crippen LogP contribution is 2.30. The monoisotopic (exact) mass is 344 g/mol. The van der Waals surface area contributed by atoms with Crippen molar-refractivity contribution in [2.24, 2.45) is 5.41 Å². The summed E-state index contributed by atoms with van der Waals surface area (Å²) < 4.78 is 10.3. The molecule has 1 aromatic rings. The lowest BCUT2D eigenvalue weighted by Crippen LogP contribution is -2.34. The molecule has 0 unspecified atom stereocenters. The number of Topliss-reactive ketones (excluding diaryl/α,β-unsaturated/α-hetero) is 1. The van der Waals surface area contributed by atoms with Crippen molar-refractivity contribution in [2.75, 3.05) is 13.2 Å². The van der Waals surface area contributed by atoms with Crippen LogP contribution >= 0.6 is 0 Å². The standard InChI is InChI=1S/C20H24O5/c1-4-18(22)24-14-20(6-3,15-25-19(23)5-2)13-12-17(21)16-10-8-7-9-11-16/h4-5,7-11H,1-2,6,12-15H2,3H3. The van der Waals surface area contributed by atoms with E-state index >= 15 is 0 Å². The van der Waals surface area contributed by atoms with Gasteiger partial charge in [-0.15, -0.1) is 0 Å². The van der Waals surface area contributed by atoms with Gasteiger partial charge in [-0.3, -0.25) is 4.79 Å². The second kappa shape index (κ2) is 10.2. The highest BCUT2D eigenvalue weighted by atomic mass is 16.5. The summed E-state index contributed by atoms with van der Waals surface area (Å²) in [5.41, 5.74) is -0.0133. The third-order valence-corrected chi connectivity index (χ3v) is 4.10. The van der Waals surface area contributed by atoms with Crippen LogP contribution in [0.2, 0.25) is 0 Å². The molecule has 0 N–H and O–H groups in total. The maximum Gasteiger partial charge on any atom is 0.330 e. The van der Waals surface area contributed by atoms with Gasteiger partial charge < -0.3 is 9.47 Å². The minimum absolute atomic E-state index is 0.0106. The van der Waals surface area contributed by atoms with Crippen LogP contribution in [-0.2, 0) is 19.1 Å². The van der Waals surface area contributed by atoms with Gasteiger partial charge in [0.2, 0.25) is 0 Å². The van der Waals surface area contributed by atoms with Gasteiger partial charge >= 0.3 is 11.9 Å². The number of benzene rings is 1. The second-order valence-corrected chi connectivity index (χ2v) is 5.77. The molecule has 0 aliphatic carbocycles. The fourth-order valence-electron chi connectivity index (χ4n) is 2.28. The maximum atomic E-state index is 12.3. The molecule has 0 fully saturated rings. The van der Waals surface area contributed by atoms with Crippen LogP contribution in [0.1, 0.15) is 36.5 Å². The molecule has 0 bridgehead atoms. The largest absolute Gasteiger partial charge is 0.462 e. The Morgan fingerprint density at radius 3 is 1.96 bits per heavy atom. The first-order valence-corrected chi connectivity index (χ1v) is 8.13. The zero-order chi connectivity index (χ0) is 18.7.